The Morgan fingerprint density at radius 2 is 1.97 bits per heavy atom. The Balaban J connectivity index is 1.45. The maximum absolute atomic E-state index is 11.7. The van der Waals surface area contributed by atoms with E-state index in [0.717, 1.165) is 35.2 Å². The summed E-state index contributed by atoms with van der Waals surface area (Å²) in [5, 5.41) is 12.4. The number of carbonyl (C=O) groups excluding carboxylic acids is 2. The van der Waals surface area contributed by atoms with Gasteiger partial charge in [0.05, 0.1) is 25.0 Å². The van der Waals surface area contributed by atoms with Gasteiger partial charge in [-0.05, 0) is 49.2 Å². The van der Waals surface area contributed by atoms with Gasteiger partial charge in [-0.3, -0.25) is 9.36 Å². The maximum Gasteiger partial charge on any atom is 0.337 e. The van der Waals surface area contributed by atoms with Crippen LogP contribution in [0.5, 0.6) is 5.75 Å². The smallest absolute Gasteiger partial charge is 0.337 e. The van der Waals surface area contributed by atoms with Gasteiger partial charge >= 0.3 is 5.97 Å². The predicted molar refractivity (Wildman–Crippen MR) is 122 cm³/mol. The molecule has 0 aliphatic heterocycles. The summed E-state index contributed by atoms with van der Waals surface area (Å²) >= 11 is 1.55. The Morgan fingerprint density at radius 3 is 2.72 bits per heavy atom. The first-order chi connectivity index (χ1) is 15.5. The third-order valence-corrected chi connectivity index (χ3v) is 5.76. The van der Waals surface area contributed by atoms with Gasteiger partial charge in [0.2, 0.25) is 5.91 Å². The van der Waals surface area contributed by atoms with Crippen LogP contribution in [0.15, 0.2) is 53.7 Å². The van der Waals surface area contributed by atoms with Crippen molar-refractivity contribution in [3.05, 3.63) is 59.9 Å². The van der Waals surface area contributed by atoms with Crippen LogP contribution in [-0.2, 0) is 9.53 Å². The molecular weight excluding hydrogens is 428 g/mol. The molecule has 1 aliphatic carbocycles. The predicted octanol–water partition coefficient (Wildman–Crippen LogP) is 4.06. The Kier molecular flexibility index (Phi) is 6.75. The van der Waals surface area contributed by atoms with E-state index in [-0.39, 0.29) is 5.91 Å². The average Bonchev–Trinajstić information content (AvgIpc) is 3.55. The average molecular weight is 453 g/mol. The monoisotopic (exact) mass is 452 g/mol. The van der Waals surface area contributed by atoms with Crippen molar-refractivity contribution >= 4 is 29.3 Å². The molecule has 1 saturated carbocycles. The van der Waals surface area contributed by atoms with Crippen LogP contribution in [0.2, 0.25) is 0 Å². The van der Waals surface area contributed by atoms with Gasteiger partial charge in [0.1, 0.15) is 11.6 Å². The lowest BCUT2D eigenvalue weighted by atomic mass is 10.2. The summed E-state index contributed by atoms with van der Waals surface area (Å²) in [5.74, 6) is 2.11. The number of nitrogens with zero attached hydrogens (tertiary/aromatic N) is 3. The first-order valence-electron chi connectivity index (χ1n) is 10.3. The van der Waals surface area contributed by atoms with Crippen molar-refractivity contribution in [2.45, 2.75) is 30.8 Å². The van der Waals surface area contributed by atoms with Gasteiger partial charge in [0.15, 0.2) is 5.16 Å². The summed E-state index contributed by atoms with van der Waals surface area (Å²) in [5.41, 5.74) is 2.10. The molecule has 1 aliphatic rings. The standard InChI is InChI=1S/C23H24N4O4S/c1-15(28)24-18-6-4-7-19(14-18)27-21(16-9-10-16)25-26-23(27)32-12-11-31-20-8-3-5-17(13-20)22(29)30-2/h3-8,13-14,16H,9-12H2,1-2H3,(H,24,28). The summed E-state index contributed by atoms with van der Waals surface area (Å²) in [6.45, 7) is 1.93. The van der Waals surface area contributed by atoms with Crippen LogP contribution >= 0.6 is 11.8 Å². The van der Waals surface area contributed by atoms with Crippen molar-refractivity contribution in [2.75, 3.05) is 24.8 Å². The van der Waals surface area contributed by atoms with Gasteiger partial charge in [-0.25, -0.2) is 4.79 Å². The molecule has 3 aromatic rings. The number of carbonyl (C=O) groups is 2. The Bertz CT molecular complexity index is 1130. The fourth-order valence-electron chi connectivity index (χ4n) is 3.27. The van der Waals surface area contributed by atoms with Crippen LogP contribution < -0.4 is 10.1 Å². The molecule has 8 nitrogen and oxygen atoms in total. The molecule has 1 heterocycles. The Labute approximate surface area is 190 Å². The van der Waals surface area contributed by atoms with Crippen molar-refractivity contribution in [3.8, 4) is 11.4 Å². The van der Waals surface area contributed by atoms with Crippen LogP contribution in [-0.4, -0.2) is 46.1 Å². The van der Waals surface area contributed by atoms with E-state index < -0.39 is 5.97 Å². The van der Waals surface area contributed by atoms with Gasteiger partial charge in [-0.2, -0.15) is 0 Å². The van der Waals surface area contributed by atoms with Gasteiger partial charge in [0.25, 0.3) is 0 Å². The van der Waals surface area contributed by atoms with Gasteiger partial charge in [-0.1, -0.05) is 23.9 Å². The quantitative estimate of drug-likeness (QED) is 0.297. The number of aromatic nitrogens is 3. The highest BCUT2D eigenvalue weighted by molar-refractivity contribution is 7.99. The number of rotatable bonds is 9. The molecule has 0 saturated heterocycles. The number of hydrogen-bond donors (Lipinski definition) is 1. The zero-order valence-electron chi connectivity index (χ0n) is 17.9. The summed E-state index contributed by atoms with van der Waals surface area (Å²) in [6.07, 6.45) is 2.21. The molecule has 0 bridgehead atoms. The second kappa shape index (κ2) is 9.86. The maximum atomic E-state index is 11.7. The third kappa shape index (κ3) is 5.28. The van der Waals surface area contributed by atoms with Crippen molar-refractivity contribution in [2.24, 2.45) is 0 Å². The molecule has 166 valence electrons. The lowest BCUT2D eigenvalue weighted by Gasteiger charge is -2.12. The van der Waals surface area contributed by atoms with Crippen molar-refractivity contribution < 1.29 is 19.1 Å². The van der Waals surface area contributed by atoms with E-state index in [4.69, 9.17) is 9.47 Å². The molecule has 0 unspecified atom stereocenters. The molecule has 0 atom stereocenters. The fraction of sp³-hybridized carbons (Fsp3) is 0.304. The molecular formula is C23H24N4O4S. The molecule has 1 fully saturated rings. The molecule has 1 aromatic heterocycles. The van der Waals surface area contributed by atoms with Gasteiger partial charge in [-0.15, -0.1) is 10.2 Å². The minimum absolute atomic E-state index is 0.115. The van der Waals surface area contributed by atoms with Crippen molar-refractivity contribution in [1.29, 1.82) is 0 Å². The number of methoxy groups -OCH3 is 1. The molecule has 4 rings (SSSR count). The van der Waals surface area contributed by atoms with E-state index >= 15 is 0 Å². The van der Waals surface area contributed by atoms with Crippen LogP contribution in [0.3, 0.4) is 0 Å². The number of ether oxygens (including phenoxy) is 2. The summed E-state index contributed by atoms with van der Waals surface area (Å²) in [4.78, 5) is 23.1. The minimum atomic E-state index is -0.396. The van der Waals surface area contributed by atoms with Crippen molar-refractivity contribution in [1.82, 2.24) is 14.8 Å². The van der Waals surface area contributed by atoms with E-state index in [2.05, 4.69) is 20.1 Å². The highest BCUT2D eigenvalue weighted by Gasteiger charge is 2.31. The minimum Gasteiger partial charge on any atom is -0.493 e. The number of anilines is 1. The largest absolute Gasteiger partial charge is 0.493 e. The van der Waals surface area contributed by atoms with Crippen LogP contribution in [0.25, 0.3) is 5.69 Å². The van der Waals surface area contributed by atoms with Gasteiger partial charge < -0.3 is 14.8 Å². The van der Waals surface area contributed by atoms with Crippen LogP contribution in [0, 0.1) is 0 Å². The second-order valence-electron chi connectivity index (χ2n) is 7.40. The van der Waals surface area contributed by atoms with E-state index in [0.29, 0.717) is 29.6 Å². The topological polar surface area (TPSA) is 95.3 Å². The number of nitrogens with one attached hydrogen (secondary N) is 1. The van der Waals surface area contributed by atoms with Crippen molar-refractivity contribution in [3.63, 3.8) is 0 Å². The Morgan fingerprint density at radius 1 is 1.16 bits per heavy atom. The van der Waals surface area contributed by atoms with E-state index in [1.807, 2.05) is 24.3 Å². The number of benzene rings is 2. The first-order valence-corrected chi connectivity index (χ1v) is 11.3. The summed E-state index contributed by atoms with van der Waals surface area (Å²) < 4.78 is 12.6. The third-order valence-electron chi connectivity index (χ3n) is 4.86. The van der Waals surface area contributed by atoms with Crippen LogP contribution in [0.4, 0.5) is 5.69 Å². The normalized spacial score (nSPS) is 12.9. The fourth-order valence-corrected chi connectivity index (χ4v) is 4.05. The number of esters is 1. The van der Waals surface area contributed by atoms with Crippen LogP contribution in [0.1, 0.15) is 41.9 Å². The lowest BCUT2D eigenvalue weighted by molar-refractivity contribution is -0.114. The Hall–Kier alpha value is -3.33. The highest BCUT2D eigenvalue weighted by Crippen LogP contribution is 2.41. The van der Waals surface area contributed by atoms with E-state index in [1.54, 1.807) is 36.0 Å². The number of thioether (sulfide) groups is 1. The first kappa shape index (κ1) is 21.9. The molecule has 2 aromatic carbocycles. The van der Waals surface area contributed by atoms with Gasteiger partial charge in [0, 0.05) is 24.3 Å². The molecule has 32 heavy (non-hydrogen) atoms. The zero-order chi connectivity index (χ0) is 22.5. The number of amides is 1. The molecule has 1 N–H and O–H groups in total. The zero-order valence-corrected chi connectivity index (χ0v) is 18.7. The van der Waals surface area contributed by atoms with E-state index in [1.165, 1.54) is 14.0 Å². The molecule has 0 spiro atoms. The summed E-state index contributed by atoms with van der Waals surface area (Å²) in [7, 11) is 1.35. The highest BCUT2D eigenvalue weighted by atomic mass is 32.2. The molecule has 0 radical (unpaired) electrons. The second-order valence-corrected chi connectivity index (χ2v) is 8.46. The lowest BCUT2D eigenvalue weighted by Crippen LogP contribution is -2.08. The SMILES string of the molecule is COC(=O)c1cccc(OCCSc2nnc(C3CC3)n2-c2cccc(NC(C)=O)c2)c1. The molecule has 1 amide bonds. The summed E-state index contributed by atoms with van der Waals surface area (Å²) in [6, 6.07) is 14.6. The molecule has 9 heteroatoms. The number of hydrogen-bond acceptors (Lipinski definition) is 7. The van der Waals surface area contributed by atoms with E-state index in [9.17, 15) is 9.59 Å².